The van der Waals surface area contributed by atoms with Gasteiger partial charge < -0.3 is 9.47 Å². The van der Waals surface area contributed by atoms with Gasteiger partial charge in [0.15, 0.2) is 0 Å². The second-order valence-electron chi connectivity index (χ2n) is 3.31. The van der Waals surface area contributed by atoms with E-state index in [9.17, 15) is 0 Å². The number of hydrogen-bond donors (Lipinski definition) is 1. The fourth-order valence-corrected chi connectivity index (χ4v) is 1.28. The largest absolute Gasteiger partial charge is 0.497 e. The van der Waals surface area contributed by atoms with Crippen LogP contribution in [-0.2, 0) is 4.74 Å². The predicted octanol–water partition coefficient (Wildman–Crippen LogP) is 4.07. The van der Waals surface area contributed by atoms with Crippen molar-refractivity contribution < 1.29 is 9.47 Å². The Morgan fingerprint density at radius 1 is 1.28 bits per heavy atom. The number of hydrogen-bond acceptors (Lipinski definition) is 3. The van der Waals surface area contributed by atoms with E-state index in [2.05, 4.69) is 0 Å². The summed E-state index contributed by atoms with van der Waals surface area (Å²) in [4.78, 5) is 0. The third-order valence-electron chi connectivity index (χ3n) is 2.01. The number of alkyl halides is 3. The van der Waals surface area contributed by atoms with Crippen LogP contribution >= 0.6 is 34.8 Å². The summed E-state index contributed by atoms with van der Waals surface area (Å²) in [6, 6.07) is 7.50. The van der Waals surface area contributed by atoms with Crippen LogP contribution in [0, 0.1) is 5.41 Å². The molecule has 1 aromatic rings. The van der Waals surface area contributed by atoms with Gasteiger partial charge in [-0.25, -0.2) is 0 Å². The van der Waals surface area contributed by atoms with E-state index in [0.717, 1.165) is 11.3 Å². The highest BCUT2D eigenvalue weighted by Gasteiger charge is 2.28. The molecule has 1 N–H and O–H groups in total. The first-order valence-corrected chi connectivity index (χ1v) is 6.16. The summed E-state index contributed by atoms with van der Waals surface area (Å²) in [5, 5.41) is 7.31. The van der Waals surface area contributed by atoms with Gasteiger partial charge in [-0.15, -0.1) is 0 Å². The maximum atomic E-state index is 7.31. The van der Waals surface area contributed by atoms with Gasteiger partial charge in [-0.2, -0.15) is 0 Å². The minimum absolute atomic E-state index is 0.165. The van der Waals surface area contributed by atoms with Crippen LogP contribution in [-0.4, -0.2) is 23.4 Å². The van der Waals surface area contributed by atoms with Gasteiger partial charge in [0, 0.05) is 0 Å². The van der Waals surface area contributed by atoms with E-state index < -0.39 is 9.69 Å². The van der Waals surface area contributed by atoms with Crippen LogP contribution in [0.25, 0.3) is 6.08 Å². The van der Waals surface area contributed by atoms with E-state index >= 15 is 0 Å². The van der Waals surface area contributed by atoms with Gasteiger partial charge in [-0.1, -0.05) is 53.0 Å². The molecule has 0 aromatic heterocycles. The van der Waals surface area contributed by atoms with Crippen LogP contribution in [0.1, 0.15) is 5.56 Å². The van der Waals surface area contributed by atoms with Crippen molar-refractivity contribution in [3.8, 4) is 5.75 Å². The van der Waals surface area contributed by atoms with Gasteiger partial charge in [0.05, 0.1) is 7.11 Å². The Labute approximate surface area is 121 Å². The van der Waals surface area contributed by atoms with E-state index in [4.69, 9.17) is 49.7 Å². The molecule has 0 saturated carbocycles. The van der Waals surface area contributed by atoms with Gasteiger partial charge in [0.25, 0.3) is 3.79 Å². The Balaban J connectivity index is 2.43. The van der Waals surface area contributed by atoms with Crippen LogP contribution < -0.4 is 4.74 Å². The topological polar surface area (TPSA) is 42.3 Å². The molecule has 0 aliphatic rings. The lowest BCUT2D eigenvalue weighted by Crippen LogP contribution is -2.21. The fourth-order valence-electron chi connectivity index (χ4n) is 1.11. The molecule has 0 fully saturated rings. The molecule has 0 radical (unpaired) electrons. The van der Waals surface area contributed by atoms with Crippen molar-refractivity contribution >= 4 is 46.8 Å². The first kappa shape index (κ1) is 15.2. The second kappa shape index (κ2) is 6.88. The van der Waals surface area contributed by atoms with E-state index in [-0.39, 0.29) is 6.61 Å². The lowest BCUT2D eigenvalue weighted by Gasteiger charge is -2.11. The molecule has 0 aliphatic heterocycles. The Morgan fingerprint density at radius 2 is 1.89 bits per heavy atom. The standard InChI is InChI=1S/C12H12Cl3NO2/c1-17-10-6-4-9(5-7-10)3-2-8-18-11(16)12(13,14)15/h2-7,16H,8H2,1H3/b3-2+,16-11?. The molecule has 0 unspecified atom stereocenters. The maximum absolute atomic E-state index is 7.31. The van der Waals surface area contributed by atoms with E-state index in [1.165, 1.54) is 0 Å². The molecule has 0 amide bonds. The number of rotatable bonds is 4. The van der Waals surface area contributed by atoms with Crippen LogP contribution in [0.3, 0.4) is 0 Å². The lowest BCUT2D eigenvalue weighted by molar-refractivity contribution is 0.341. The van der Waals surface area contributed by atoms with Gasteiger partial charge in [-0.05, 0) is 23.8 Å². The average molecular weight is 309 g/mol. The molecule has 1 aromatic carbocycles. The summed E-state index contributed by atoms with van der Waals surface area (Å²) < 4.78 is 8.18. The zero-order valence-corrected chi connectivity index (χ0v) is 11.9. The summed E-state index contributed by atoms with van der Waals surface area (Å²) in [7, 11) is 1.61. The molecule has 1 rings (SSSR count). The fraction of sp³-hybridized carbons (Fsp3) is 0.250. The highest BCUT2D eigenvalue weighted by molar-refractivity contribution is 6.76. The van der Waals surface area contributed by atoms with E-state index in [1.807, 2.05) is 30.3 Å². The predicted molar refractivity (Wildman–Crippen MR) is 76.0 cm³/mol. The smallest absolute Gasteiger partial charge is 0.265 e. The van der Waals surface area contributed by atoms with Gasteiger partial charge >= 0.3 is 0 Å². The molecule has 18 heavy (non-hydrogen) atoms. The first-order valence-electron chi connectivity index (χ1n) is 5.02. The third-order valence-corrected chi connectivity index (χ3v) is 2.52. The third kappa shape index (κ3) is 5.17. The number of methoxy groups -OCH3 is 1. The number of benzene rings is 1. The summed E-state index contributed by atoms with van der Waals surface area (Å²) in [6.45, 7) is 0.165. The second-order valence-corrected chi connectivity index (χ2v) is 5.59. The molecule has 0 bridgehead atoms. The summed E-state index contributed by atoms with van der Waals surface area (Å²) in [6.07, 6.45) is 3.57. The summed E-state index contributed by atoms with van der Waals surface area (Å²) in [5.41, 5.74) is 0.986. The molecule has 0 saturated heterocycles. The molecule has 0 aliphatic carbocycles. The minimum atomic E-state index is -1.81. The zero-order chi connectivity index (χ0) is 13.6. The van der Waals surface area contributed by atoms with Gasteiger partial charge in [-0.3, -0.25) is 5.41 Å². The van der Waals surface area contributed by atoms with Crippen molar-refractivity contribution in [3.05, 3.63) is 35.9 Å². The lowest BCUT2D eigenvalue weighted by atomic mass is 10.2. The molecule has 6 heteroatoms. The van der Waals surface area contributed by atoms with Crippen LogP contribution in [0.2, 0.25) is 0 Å². The Bertz CT molecular complexity index is 424. The highest BCUT2D eigenvalue weighted by atomic mass is 35.6. The molecular formula is C12H12Cl3NO2. The van der Waals surface area contributed by atoms with Gasteiger partial charge in [0.1, 0.15) is 12.4 Å². The number of halogens is 3. The number of ether oxygens (including phenoxy) is 2. The Hall–Kier alpha value is -0.900. The van der Waals surface area contributed by atoms with E-state index in [0.29, 0.717) is 0 Å². The van der Waals surface area contributed by atoms with Crippen molar-refractivity contribution in [3.63, 3.8) is 0 Å². The summed E-state index contributed by atoms with van der Waals surface area (Å²) >= 11 is 16.4. The maximum Gasteiger partial charge on any atom is 0.265 e. The zero-order valence-electron chi connectivity index (χ0n) is 9.62. The van der Waals surface area contributed by atoms with Crippen LogP contribution in [0.5, 0.6) is 5.75 Å². The SMILES string of the molecule is COc1ccc(/C=C/COC(=N)C(Cl)(Cl)Cl)cc1. The van der Waals surface area contributed by atoms with Crippen LogP contribution in [0.15, 0.2) is 30.3 Å². The highest BCUT2D eigenvalue weighted by Crippen LogP contribution is 2.27. The van der Waals surface area contributed by atoms with Crippen molar-refractivity contribution in [2.24, 2.45) is 0 Å². The van der Waals surface area contributed by atoms with Crippen molar-refractivity contribution in [1.82, 2.24) is 0 Å². The number of nitrogens with one attached hydrogen (secondary N) is 1. The average Bonchev–Trinajstić information content (AvgIpc) is 2.34. The molecule has 3 nitrogen and oxygen atoms in total. The van der Waals surface area contributed by atoms with Gasteiger partial charge in [0.2, 0.25) is 5.90 Å². The molecule has 0 heterocycles. The van der Waals surface area contributed by atoms with E-state index in [1.54, 1.807) is 13.2 Å². The molecule has 98 valence electrons. The normalized spacial score (nSPS) is 11.6. The summed E-state index contributed by atoms with van der Waals surface area (Å²) in [5.74, 6) is 0.397. The van der Waals surface area contributed by atoms with Crippen molar-refractivity contribution in [1.29, 1.82) is 5.41 Å². The molecule has 0 atom stereocenters. The monoisotopic (exact) mass is 307 g/mol. The molecular weight excluding hydrogens is 296 g/mol. The van der Waals surface area contributed by atoms with Crippen molar-refractivity contribution in [2.75, 3.05) is 13.7 Å². The Morgan fingerprint density at radius 3 is 2.39 bits per heavy atom. The van der Waals surface area contributed by atoms with Crippen molar-refractivity contribution in [2.45, 2.75) is 3.79 Å². The molecule has 0 spiro atoms. The van der Waals surface area contributed by atoms with Crippen LogP contribution in [0.4, 0.5) is 0 Å². The Kier molecular flexibility index (Phi) is 5.79. The quantitative estimate of drug-likeness (QED) is 0.517. The first-order chi connectivity index (χ1) is 8.43. The minimum Gasteiger partial charge on any atom is -0.497 e.